The van der Waals surface area contributed by atoms with Crippen LogP contribution in [0, 0.1) is 19.8 Å². The summed E-state index contributed by atoms with van der Waals surface area (Å²) >= 11 is 0. The van der Waals surface area contributed by atoms with Gasteiger partial charge in [0.05, 0.1) is 0 Å². The van der Waals surface area contributed by atoms with Gasteiger partial charge in [-0.2, -0.15) is 0 Å². The molecule has 0 aromatic carbocycles. The molecular formula is C12H21N3. The molecule has 0 spiro atoms. The highest BCUT2D eigenvalue weighted by Crippen LogP contribution is 2.10. The van der Waals surface area contributed by atoms with Gasteiger partial charge >= 0.3 is 0 Å². The van der Waals surface area contributed by atoms with E-state index >= 15 is 0 Å². The first-order chi connectivity index (χ1) is 7.15. The van der Waals surface area contributed by atoms with Gasteiger partial charge in [0.1, 0.15) is 11.6 Å². The molecule has 3 heteroatoms. The maximum Gasteiger partial charge on any atom is 0.129 e. The first-order valence-electron chi connectivity index (χ1n) is 5.71. The fraction of sp³-hybridized carbons (Fsp3) is 0.667. The average molecular weight is 207 g/mol. The number of anilines is 1. The van der Waals surface area contributed by atoms with Gasteiger partial charge in [0.25, 0.3) is 0 Å². The lowest BCUT2D eigenvalue weighted by Crippen LogP contribution is -2.14. The third kappa shape index (κ3) is 3.86. The zero-order valence-corrected chi connectivity index (χ0v) is 10.2. The molecular weight excluding hydrogens is 186 g/mol. The third-order valence-corrected chi connectivity index (χ3v) is 2.69. The third-order valence-electron chi connectivity index (χ3n) is 2.69. The Morgan fingerprint density at radius 3 is 2.40 bits per heavy atom. The summed E-state index contributed by atoms with van der Waals surface area (Å²) in [6.45, 7) is 9.38. The maximum absolute atomic E-state index is 4.35. The van der Waals surface area contributed by atoms with E-state index < -0.39 is 0 Å². The highest BCUT2D eigenvalue weighted by molar-refractivity contribution is 5.35. The van der Waals surface area contributed by atoms with Crippen molar-refractivity contribution in [1.29, 1.82) is 0 Å². The highest BCUT2D eigenvalue weighted by atomic mass is 15.0. The summed E-state index contributed by atoms with van der Waals surface area (Å²) in [5, 5.41) is 3.38. The molecule has 1 N–H and O–H groups in total. The Morgan fingerprint density at radius 2 is 1.87 bits per heavy atom. The van der Waals surface area contributed by atoms with Crippen LogP contribution in [0.5, 0.6) is 0 Å². The molecule has 1 aromatic heterocycles. The second-order valence-corrected chi connectivity index (χ2v) is 4.01. The minimum absolute atomic E-state index is 0.737. The molecule has 0 aliphatic rings. The van der Waals surface area contributed by atoms with Crippen LogP contribution < -0.4 is 5.32 Å². The van der Waals surface area contributed by atoms with Crippen LogP contribution in [0.3, 0.4) is 0 Å². The van der Waals surface area contributed by atoms with Crippen molar-refractivity contribution in [2.75, 3.05) is 11.9 Å². The van der Waals surface area contributed by atoms with E-state index in [1.807, 2.05) is 19.9 Å². The van der Waals surface area contributed by atoms with Gasteiger partial charge in [0, 0.05) is 18.3 Å². The lowest BCUT2D eigenvalue weighted by molar-refractivity contribution is 0.518. The van der Waals surface area contributed by atoms with Gasteiger partial charge in [-0.3, -0.25) is 0 Å². The molecule has 3 nitrogen and oxygen atoms in total. The number of hydrogen-bond acceptors (Lipinski definition) is 3. The van der Waals surface area contributed by atoms with E-state index in [2.05, 4.69) is 29.1 Å². The highest BCUT2D eigenvalue weighted by Gasteiger charge is 2.04. The van der Waals surface area contributed by atoms with E-state index in [0.29, 0.717) is 0 Å². The number of nitrogens with one attached hydrogen (secondary N) is 1. The van der Waals surface area contributed by atoms with E-state index in [4.69, 9.17) is 0 Å². The summed E-state index contributed by atoms with van der Waals surface area (Å²) in [6.07, 6.45) is 2.43. The monoisotopic (exact) mass is 207 g/mol. The zero-order valence-electron chi connectivity index (χ0n) is 10.2. The van der Waals surface area contributed by atoms with Crippen LogP contribution in [0.25, 0.3) is 0 Å². The molecule has 0 aliphatic carbocycles. The van der Waals surface area contributed by atoms with Gasteiger partial charge in [0.2, 0.25) is 0 Å². The number of hydrogen-bond donors (Lipinski definition) is 1. The lowest BCUT2D eigenvalue weighted by Gasteiger charge is -2.14. The van der Waals surface area contributed by atoms with Crippen molar-refractivity contribution in [1.82, 2.24) is 9.97 Å². The van der Waals surface area contributed by atoms with Gasteiger partial charge in [-0.15, -0.1) is 0 Å². The molecule has 0 amide bonds. The van der Waals surface area contributed by atoms with Gasteiger partial charge in [-0.05, 0) is 19.8 Å². The summed E-state index contributed by atoms with van der Waals surface area (Å²) in [4.78, 5) is 8.60. The summed E-state index contributed by atoms with van der Waals surface area (Å²) < 4.78 is 0. The molecule has 1 heterocycles. The second-order valence-electron chi connectivity index (χ2n) is 4.01. The molecule has 0 fully saturated rings. The second kappa shape index (κ2) is 5.69. The van der Waals surface area contributed by atoms with E-state index in [-0.39, 0.29) is 0 Å². The van der Waals surface area contributed by atoms with Gasteiger partial charge < -0.3 is 5.32 Å². The average Bonchev–Trinajstić information content (AvgIpc) is 2.18. The van der Waals surface area contributed by atoms with Gasteiger partial charge in [-0.1, -0.05) is 26.7 Å². The molecule has 15 heavy (non-hydrogen) atoms. The fourth-order valence-corrected chi connectivity index (χ4v) is 1.63. The molecule has 84 valence electrons. The van der Waals surface area contributed by atoms with Crippen molar-refractivity contribution < 1.29 is 0 Å². The minimum Gasteiger partial charge on any atom is -0.370 e. The standard InChI is InChI=1S/C12H21N3/c1-5-11(6-2)8-13-12-7-9(3)14-10(4)15-12/h7,11H,5-6,8H2,1-4H3,(H,13,14,15). The Kier molecular flexibility index (Phi) is 4.53. The largest absolute Gasteiger partial charge is 0.370 e. The van der Waals surface area contributed by atoms with E-state index in [1.165, 1.54) is 12.8 Å². The molecule has 0 atom stereocenters. The Morgan fingerprint density at radius 1 is 1.20 bits per heavy atom. The first-order valence-corrected chi connectivity index (χ1v) is 5.71. The number of aryl methyl sites for hydroxylation is 2. The maximum atomic E-state index is 4.35. The van der Waals surface area contributed by atoms with E-state index in [0.717, 1.165) is 29.8 Å². The topological polar surface area (TPSA) is 37.8 Å². The van der Waals surface area contributed by atoms with Crippen molar-refractivity contribution in [2.45, 2.75) is 40.5 Å². The summed E-state index contributed by atoms with van der Waals surface area (Å²) in [7, 11) is 0. The van der Waals surface area contributed by atoms with Gasteiger partial charge in [0.15, 0.2) is 0 Å². The molecule has 0 saturated heterocycles. The number of rotatable bonds is 5. The van der Waals surface area contributed by atoms with Crippen LogP contribution in [-0.4, -0.2) is 16.5 Å². The van der Waals surface area contributed by atoms with Crippen molar-refractivity contribution >= 4 is 5.82 Å². The molecule has 0 unspecified atom stereocenters. The predicted octanol–water partition coefficient (Wildman–Crippen LogP) is 2.94. The van der Waals surface area contributed by atoms with Gasteiger partial charge in [-0.25, -0.2) is 9.97 Å². The quantitative estimate of drug-likeness (QED) is 0.806. The SMILES string of the molecule is CCC(CC)CNc1cc(C)nc(C)n1. The Labute approximate surface area is 92.3 Å². The van der Waals surface area contributed by atoms with Crippen molar-refractivity contribution in [3.63, 3.8) is 0 Å². The number of nitrogens with zero attached hydrogens (tertiary/aromatic N) is 2. The minimum atomic E-state index is 0.737. The zero-order chi connectivity index (χ0) is 11.3. The smallest absolute Gasteiger partial charge is 0.129 e. The molecule has 1 aromatic rings. The predicted molar refractivity (Wildman–Crippen MR) is 64.1 cm³/mol. The molecule has 1 rings (SSSR count). The molecule has 0 radical (unpaired) electrons. The van der Waals surface area contributed by atoms with Crippen molar-refractivity contribution in [3.05, 3.63) is 17.6 Å². The molecule has 0 aliphatic heterocycles. The molecule has 0 bridgehead atoms. The summed E-state index contributed by atoms with van der Waals surface area (Å²) in [5.74, 6) is 2.52. The van der Waals surface area contributed by atoms with Crippen LogP contribution in [-0.2, 0) is 0 Å². The van der Waals surface area contributed by atoms with Crippen LogP contribution in [0.1, 0.15) is 38.2 Å². The fourth-order valence-electron chi connectivity index (χ4n) is 1.63. The van der Waals surface area contributed by atoms with Crippen LogP contribution >= 0.6 is 0 Å². The molecule has 0 saturated carbocycles. The summed E-state index contributed by atoms with van der Waals surface area (Å²) in [6, 6.07) is 2.00. The Hall–Kier alpha value is -1.12. The first kappa shape index (κ1) is 12.0. The normalized spacial score (nSPS) is 10.7. The van der Waals surface area contributed by atoms with Crippen LogP contribution in [0.15, 0.2) is 6.07 Å². The van der Waals surface area contributed by atoms with Crippen LogP contribution in [0.2, 0.25) is 0 Å². The van der Waals surface area contributed by atoms with E-state index in [9.17, 15) is 0 Å². The lowest BCUT2D eigenvalue weighted by atomic mass is 10.0. The Balaban J connectivity index is 2.57. The van der Waals surface area contributed by atoms with E-state index in [1.54, 1.807) is 0 Å². The van der Waals surface area contributed by atoms with Crippen molar-refractivity contribution in [3.8, 4) is 0 Å². The Bertz CT molecular complexity index is 285. The number of aromatic nitrogens is 2. The van der Waals surface area contributed by atoms with Crippen molar-refractivity contribution in [2.24, 2.45) is 5.92 Å². The summed E-state index contributed by atoms with van der Waals surface area (Å²) in [5.41, 5.74) is 1.02. The van der Waals surface area contributed by atoms with Crippen LogP contribution in [0.4, 0.5) is 5.82 Å².